The van der Waals surface area contributed by atoms with Crippen LogP contribution in [0, 0.1) is 10.1 Å². The third-order valence-corrected chi connectivity index (χ3v) is 1.33. The molecule has 3 N–H and O–H groups in total. The van der Waals surface area contributed by atoms with E-state index in [1.807, 2.05) is 6.92 Å². The highest BCUT2D eigenvalue weighted by Crippen LogP contribution is 2.11. The Morgan fingerprint density at radius 3 is 2.13 bits per heavy atom. The number of benzene rings is 1. The van der Waals surface area contributed by atoms with Crippen LogP contribution in [0.25, 0.3) is 0 Å². The minimum absolute atomic E-state index is 0.0422. The van der Waals surface area contributed by atoms with E-state index in [0.29, 0.717) is 0 Å². The molecule has 0 aliphatic carbocycles. The van der Waals surface area contributed by atoms with Gasteiger partial charge in [-0.1, -0.05) is 6.92 Å². The van der Waals surface area contributed by atoms with Crippen molar-refractivity contribution in [2.45, 2.75) is 6.92 Å². The van der Waals surface area contributed by atoms with Gasteiger partial charge in [-0.3, -0.25) is 10.1 Å². The molecule has 0 aliphatic heterocycles. The lowest BCUT2D eigenvalue weighted by molar-refractivity contribution is -0.384. The Balaban J connectivity index is 0.000000583. The molecular formula is C9H12N2O4. The number of aromatic carboxylic acids is 1. The van der Waals surface area contributed by atoms with Crippen LogP contribution >= 0.6 is 0 Å². The molecule has 0 bridgehead atoms. The van der Waals surface area contributed by atoms with Gasteiger partial charge < -0.3 is 10.8 Å². The Hall–Kier alpha value is -1.95. The van der Waals surface area contributed by atoms with Crippen molar-refractivity contribution in [3.63, 3.8) is 0 Å². The summed E-state index contributed by atoms with van der Waals surface area (Å²) in [4.78, 5) is 19.9. The highest BCUT2D eigenvalue weighted by Gasteiger charge is 2.06. The Bertz CT molecular complexity index is 301. The minimum atomic E-state index is -1.09. The summed E-state index contributed by atoms with van der Waals surface area (Å²) in [6.07, 6.45) is 0. The molecule has 1 rings (SSSR count). The van der Waals surface area contributed by atoms with Gasteiger partial charge in [-0.15, -0.1) is 0 Å². The first kappa shape index (κ1) is 13.1. The van der Waals surface area contributed by atoms with Gasteiger partial charge in [-0.25, -0.2) is 4.79 Å². The summed E-state index contributed by atoms with van der Waals surface area (Å²) in [5.74, 6) is -1.09. The Morgan fingerprint density at radius 2 is 1.87 bits per heavy atom. The number of rotatable bonds is 2. The van der Waals surface area contributed by atoms with E-state index in [-0.39, 0.29) is 11.3 Å². The fourth-order valence-corrected chi connectivity index (χ4v) is 0.726. The highest BCUT2D eigenvalue weighted by molar-refractivity contribution is 5.87. The number of carbonyl (C=O) groups is 1. The van der Waals surface area contributed by atoms with Gasteiger partial charge >= 0.3 is 5.97 Å². The largest absolute Gasteiger partial charge is 0.478 e. The first-order valence-electron chi connectivity index (χ1n) is 4.20. The zero-order valence-corrected chi connectivity index (χ0v) is 8.21. The van der Waals surface area contributed by atoms with Crippen LogP contribution in [0.15, 0.2) is 24.3 Å². The van der Waals surface area contributed by atoms with Crippen molar-refractivity contribution in [3.8, 4) is 0 Å². The molecule has 6 heteroatoms. The van der Waals surface area contributed by atoms with E-state index in [2.05, 4.69) is 0 Å². The maximum absolute atomic E-state index is 10.3. The summed E-state index contributed by atoms with van der Waals surface area (Å²) in [5, 5.41) is 18.6. The summed E-state index contributed by atoms with van der Waals surface area (Å²) < 4.78 is 0. The van der Waals surface area contributed by atoms with Gasteiger partial charge in [-0.2, -0.15) is 0 Å². The predicted molar refractivity (Wildman–Crippen MR) is 54.8 cm³/mol. The van der Waals surface area contributed by atoms with Gasteiger partial charge in [0, 0.05) is 12.1 Å². The quantitative estimate of drug-likeness (QED) is 0.566. The average molecular weight is 212 g/mol. The van der Waals surface area contributed by atoms with Crippen molar-refractivity contribution in [1.29, 1.82) is 0 Å². The molecule has 0 heterocycles. The highest BCUT2D eigenvalue weighted by atomic mass is 16.6. The monoisotopic (exact) mass is 212 g/mol. The SMILES string of the molecule is CCN.O=C(O)c1ccc([N+](=O)[O-])cc1. The Labute approximate surface area is 86.5 Å². The summed E-state index contributed by atoms with van der Waals surface area (Å²) in [5.41, 5.74) is 4.78. The smallest absolute Gasteiger partial charge is 0.335 e. The van der Waals surface area contributed by atoms with Crippen molar-refractivity contribution in [2.24, 2.45) is 5.73 Å². The molecule has 0 spiro atoms. The molecule has 0 aliphatic rings. The second kappa shape index (κ2) is 6.50. The summed E-state index contributed by atoms with van der Waals surface area (Å²) in [7, 11) is 0. The van der Waals surface area contributed by atoms with Crippen molar-refractivity contribution >= 4 is 11.7 Å². The normalized spacial score (nSPS) is 8.67. The molecule has 0 aromatic heterocycles. The van der Waals surface area contributed by atoms with Crippen LogP contribution in [0.4, 0.5) is 5.69 Å². The number of nitrogens with zero attached hydrogens (tertiary/aromatic N) is 1. The molecule has 0 unspecified atom stereocenters. The second-order valence-electron chi connectivity index (χ2n) is 2.52. The third kappa shape index (κ3) is 4.72. The number of carboxylic acids is 1. The number of nitro groups is 1. The number of carboxylic acid groups (broad SMARTS) is 1. The van der Waals surface area contributed by atoms with E-state index in [1.54, 1.807) is 0 Å². The van der Waals surface area contributed by atoms with Crippen molar-refractivity contribution in [3.05, 3.63) is 39.9 Å². The van der Waals surface area contributed by atoms with Gasteiger partial charge in [0.05, 0.1) is 10.5 Å². The molecule has 1 aromatic carbocycles. The fourth-order valence-electron chi connectivity index (χ4n) is 0.726. The van der Waals surface area contributed by atoms with E-state index >= 15 is 0 Å². The number of hydrogen-bond acceptors (Lipinski definition) is 4. The standard InChI is InChI=1S/C7H5NO4.C2H7N/c9-7(10)5-1-3-6(4-2-5)8(11)12;1-2-3/h1-4H,(H,9,10);2-3H2,1H3. The first-order valence-corrected chi connectivity index (χ1v) is 4.20. The van der Waals surface area contributed by atoms with Gasteiger partial charge in [-0.05, 0) is 18.7 Å². The lowest BCUT2D eigenvalue weighted by atomic mass is 10.2. The minimum Gasteiger partial charge on any atom is -0.478 e. The molecule has 0 radical (unpaired) electrons. The molecule has 0 atom stereocenters. The predicted octanol–water partition coefficient (Wildman–Crippen LogP) is 1.26. The maximum atomic E-state index is 10.3. The molecule has 6 nitrogen and oxygen atoms in total. The zero-order chi connectivity index (χ0) is 11.8. The van der Waals surface area contributed by atoms with Crippen LogP contribution in [0.3, 0.4) is 0 Å². The second-order valence-corrected chi connectivity index (χ2v) is 2.52. The van der Waals surface area contributed by atoms with Crippen LogP contribution in [0.1, 0.15) is 17.3 Å². The molecule has 0 saturated carbocycles. The summed E-state index contributed by atoms with van der Waals surface area (Å²) in [6, 6.07) is 4.70. The Kier molecular flexibility index (Phi) is 5.65. The zero-order valence-electron chi connectivity index (χ0n) is 8.21. The van der Waals surface area contributed by atoms with Crippen LogP contribution in [0.5, 0.6) is 0 Å². The number of nitrogens with two attached hydrogens (primary N) is 1. The van der Waals surface area contributed by atoms with Gasteiger partial charge in [0.15, 0.2) is 0 Å². The number of hydrogen-bond donors (Lipinski definition) is 2. The first-order chi connectivity index (χ1) is 7.02. The lowest BCUT2D eigenvalue weighted by Gasteiger charge is -1.92. The van der Waals surface area contributed by atoms with Gasteiger partial charge in [0.2, 0.25) is 0 Å². The molecule has 0 fully saturated rings. The third-order valence-electron chi connectivity index (χ3n) is 1.33. The van der Waals surface area contributed by atoms with Crippen LogP contribution in [-0.2, 0) is 0 Å². The van der Waals surface area contributed by atoms with Crippen molar-refractivity contribution in [2.75, 3.05) is 6.54 Å². The van der Waals surface area contributed by atoms with Crippen LogP contribution < -0.4 is 5.73 Å². The van der Waals surface area contributed by atoms with E-state index in [1.165, 1.54) is 12.1 Å². The van der Waals surface area contributed by atoms with Crippen molar-refractivity contribution < 1.29 is 14.8 Å². The fraction of sp³-hybridized carbons (Fsp3) is 0.222. The van der Waals surface area contributed by atoms with Crippen molar-refractivity contribution in [1.82, 2.24) is 0 Å². The molecule has 0 amide bonds. The van der Waals surface area contributed by atoms with Gasteiger partial charge in [0.1, 0.15) is 0 Å². The lowest BCUT2D eigenvalue weighted by Crippen LogP contribution is -1.96. The molecule has 82 valence electrons. The molecule has 0 saturated heterocycles. The topological polar surface area (TPSA) is 106 Å². The maximum Gasteiger partial charge on any atom is 0.335 e. The number of nitro benzene ring substituents is 1. The van der Waals surface area contributed by atoms with E-state index < -0.39 is 10.9 Å². The average Bonchev–Trinajstić information content (AvgIpc) is 2.19. The molecule has 1 aromatic rings. The van der Waals surface area contributed by atoms with E-state index in [0.717, 1.165) is 18.7 Å². The van der Waals surface area contributed by atoms with Crippen LogP contribution in [0.2, 0.25) is 0 Å². The molecule has 15 heavy (non-hydrogen) atoms. The number of non-ortho nitro benzene ring substituents is 1. The summed E-state index contributed by atoms with van der Waals surface area (Å²) >= 11 is 0. The van der Waals surface area contributed by atoms with E-state index in [9.17, 15) is 14.9 Å². The van der Waals surface area contributed by atoms with E-state index in [4.69, 9.17) is 10.8 Å². The van der Waals surface area contributed by atoms with Gasteiger partial charge in [0.25, 0.3) is 5.69 Å². The Morgan fingerprint density at radius 1 is 1.47 bits per heavy atom. The summed E-state index contributed by atoms with van der Waals surface area (Å²) in [6.45, 7) is 2.65. The van der Waals surface area contributed by atoms with Crippen LogP contribution in [-0.4, -0.2) is 22.5 Å². The molecular weight excluding hydrogens is 200 g/mol.